The summed E-state index contributed by atoms with van der Waals surface area (Å²) in [7, 11) is -7.80. The molecule has 10 heteroatoms. The van der Waals surface area contributed by atoms with Gasteiger partial charge in [-0.1, -0.05) is 42.5 Å². The predicted molar refractivity (Wildman–Crippen MR) is 148 cm³/mol. The Morgan fingerprint density at radius 2 is 1.42 bits per heavy atom. The van der Waals surface area contributed by atoms with Crippen LogP contribution in [0.2, 0.25) is 0 Å². The van der Waals surface area contributed by atoms with Crippen molar-refractivity contribution in [3.05, 3.63) is 102 Å². The minimum absolute atomic E-state index is 0.0258. The van der Waals surface area contributed by atoms with Crippen molar-refractivity contribution < 1.29 is 21.6 Å². The highest BCUT2D eigenvalue weighted by Gasteiger charge is 2.35. The average Bonchev–Trinajstić information content (AvgIpc) is 2.89. The Labute approximate surface area is 222 Å². The topological polar surface area (TPSA) is 113 Å². The lowest BCUT2D eigenvalue weighted by molar-refractivity contribution is -0.114. The average molecular weight is 548 g/mol. The molecule has 0 bridgehead atoms. The van der Waals surface area contributed by atoms with E-state index in [1.165, 1.54) is 30.3 Å². The van der Waals surface area contributed by atoms with Gasteiger partial charge in [-0.3, -0.25) is 13.8 Å². The summed E-state index contributed by atoms with van der Waals surface area (Å²) in [5.41, 5.74) is 4.53. The molecule has 2 N–H and O–H groups in total. The lowest BCUT2D eigenvalue weighted by atomic mass is 10.0. The number of nitrogens with zero attached hydrogens (tertiary/aromatic N) is 1. The maximum Gasteiger partial charge on any atom is 0.265 e. The Bertz CT molecular complexity index is 1770. The highest BCUT2D eigenvalue weighted by molar-refractivity contribution is 7.93. The second-order valence-electron chi connectivity index (χ2n) is 9.00. The Balaban J connectivity index is 1.33. The van der Waals surface area contributed by atoms with Gasteiger partial charge in [0.15, 0.2) is 0 Å². The lowest BCUT2D eigenvalue weighted by Gasteiger charge is -2.31. The number of nitrogens with one attached hydrogen (secondary N) is 2. The first kappa shape index (κ1) is 25.5. The van der Waals surface area contributed by atoms with E-state index in [0.29, 0.717) is 22.6 Å². The van der Waals surface area contributed by atoms with Crippen molar-refractivity contribution in [2.24, 2.45) is 0 Å². The van der Waals surface area contributed by atoms with Gasteiger partial charge in [0.1, 0.15) is 6.54 Å². The van der Waals surface area contributed by atoms with Crippen LogP contribution < -0.4 is 14.3 Å². The largest absolute Gasteiger partial charge is 0.325 e. The summed E-state index contributed by atoms with van der Waals surface area (Å²) < 4.78 is 56.0. The number of amides is 1. The van der Waals surface area contributed by atoms with E-state index in [4.69, 9.17) is 0 Å². The van der Waals surface area contributed by atoms with Gasteiger partial charge in [-0.05, 0) is 73.5 Å². The van der Waals surface area contributed by atoms with Crippen molar-refractivity contribution in [3.63, 3.8) is 0 Å². The third-order valence-electron chi connectivity index (χ3n) is 6.41. The van der Waals surface area contributed by atoms with Crippen molar-refractivity contribution in [1.82, 2.24) is 0 Å². The number of sulfonamides is 2. The van der Waals surface area contributed by atoms with Crippen LogP contribution in [-0.2, 0) is 24.8 Å². The smallest absolute Gasteiger partial charge is 0.265 e. The van der Waals surface area contributed by atoms with Crippen LogP contribution >= 0.6 is 0 Å². The predicted octanol–water partition coefficient (Wildman–Crippen LogP) is 4.92. The normalized spacial score (nSPS) is 13.8. The van der Waals surface area contributed by atoms with Crippen LogP contribution in [0.3, 0.4) is 0 Å². The maximum atomic E-state index is 13.4. The number of anilines is 3. The van der Waals surface area contributed by atoms with E-state index in [1.54, 1.807) is 42.5 Å². The minimum Gasteiger partial charge on any atom is -0.325 e. The second kappa shape index (κ2) is 9.62. The Morgan fingerprint density at radius 3 is 2.13 bits per heavy atom. The van der Waals surface area contributed by atoms with Crippen LogP contribution in [0.5, 0.6) is 0 Å². The number of carbonyl (C=O) groups excluding carboxylic acids is 1. The van der Waals surface area contributed by atoms with Crippen molar-refractivity contribution >= 4 is 43.0 Å². The summed E-state index contributed by atoms with van der Waals surface area (Å²) in [5, 5.41) is 2.66. The highest BCUT2D eigenvalue weighted by atomic mass is 32.2. The van der Waals surface area contributed by atoms with Crippen LogP contribution in [-0.4, -0.2) is 29.3 Å². The van der Waals surface area contributed by atoms with E-state index < -0.39 is 32.5 Å². The van der Waals surface area contributed by atoms with Crippen molar-refractivity contribution in [1.29, 1.82) is 0 Å². The molecular formula is C28H25N3O5S2. The van der Waals surface area contributed by atoms with Gasteiger partial charge in [0.2, 0.25) is 5.91 Å². The Hall–Kier alpha value is -4.15. The molecule has 0 aromatic heterocycles. The molecule has 1 aliphatic rings. The molecule has 4 aromatic rings. The van der Waals surface area contributed by atoms with Crippen molar-refractivity contribution in [2.75, 3.05) is 20.9 Å². The van der Waals surface area contributed by atoms with Crippen LogP contribution in [0, 0.1) is 13.8 Å². The quantitative estimate of drug-likeness (QED) is 0.356. The molecule has 0 fully saturated rings. The lowest BCUT2D eigenvalue weighted by Crippen LogP contribution is -2.40. The first-order valence-corrected chi connectivity index (χ1v) is 14.7. The Morgan fingerprint density at radius 1 is 0.789 bits per heavy atom. The molecular weight excluding hydrogens is 522 g/mol. The highest BCUT2D eigenvalue weighted by Crippen LogP contribution is 2.42. The van der Waals surface area contributed by atoms with Crippen molar-refractivity contribution in [3.8, 4) is 11.1 Å². The van der Waals surface area contributed by atoms with Crippen molar-refractivity contribution in [2.45, 2.75) is 23.6 Å². The van der Waals surface area contributed by atoms with Crippen LogP contribution in [0.15, 0.2) is 101 Å². The van der Waals surface area contributed by atoms with E-state index in [-0.39, 0.29) is 9.79 Å². The first-order chi connectivity index (χ1) is 18.1. The molecule has 5 rings (SSSR count). The summed E-state index contributed by atoms with van der Waals surface area (Å²) in [6.07, 6.45) is 0. The SMILES string of the molecule is Cc1ccc(NS(=O)(=O)c2ccc(NC(=O)CN3c4ccccc4-c4ccccc4S3(=O)=O)cc2)cc1C. The second-order valence-corrected chi connectivity index (χ2v) is 12.5. The molecule has 8 nitrogen and oxygen atoms in total. The number of para-hydroxylation sites is 1. The van der Waals surface area contributed by atoms with Gasteiger partial charge in [0, 0.05) is 22.5 Å². The molecule has 38 heavy (non-hydrogen) atoms. The molecule has 0 atom stereocenters. The number of rotatable bonds is 6. The number of benzene rings is 4. The van der Waals surface area contributed by atoms with Gasteiger partial charge in [-0.15, -0.1) is 0 Å². The van der Waals surface area contributed by atoms with Gasteiger partial charge in [0.25, 0.3) is 20.0 Å². The molecule has 1 aliphatic heterocycles. The fourth-order valence-electron chi connectivity index (χ4n) is 4.32. The molecule has 0 spiro atoms. The zero-order chi connectivity index (χ0) is 27.1. The molecule has 194 valence electrons. The number of fused-ring (bicyclic) bond motifs is 3. The summed E-state index contributed by atoms with van der Waals surface area (Å²) >= 11 is 0. The van der Waals surface area contributed by atoms with E-state index in [9.17, 15) is 21.6 Å². The fourth-order valence-corrected chi connectivity index (χ4v) is 7.02. The maximum absolute atomic E-state index is 13.4. The van der Waals surface area contributed by atoms with E-state index in [0.717, 1.165) is 21.0 Å². The number of hydrogen-bond donors (Lipinski definition) is 2. The molecule has 0 unspecified atom stereocenters. The monoisotopic (exact) mass is 547 g/mol. The third kappa shape index (κ3) is 4.75. The zero-order valence-electron chi connectivity index (χ0n) is 20.7. The zero-order valence-corrected chi connectivity index (χ0v) is 22.3. The molecule has 1 amide bonds. The summed E-state index contributed by atoms with van der Waals surface area (Å²) in [5.74, 6) is -0.563. The van der Waals surface area contributed by atoms with Gasteiger partial charge >= 0.3 is 0 Å². The van der Waals surface area contributed by atoms with Gasteiger partial charge in [-0.2, -0.15) is 0 Å². The standard InChI is InChI=1S/C28H25N3O5S2/c1-19-11-12-22(17-20(19)2)30-37(33,34)23-15-13-21(14-16-23)29-28(32)18-31-26-9-5-3-7-24(26)25-8-4-6-10-27(25)38(31,35)36/h3-17,30H,18H2,1-2H3,(H,29,32). The van der Waals surface area contributed by atoms with Crippen LogP contribution in [0.1, 0.15) is 11.1 Å². The fraction of sp³-hybridized carbons (Fsp3) is 0.107. The number of hydrogen-bond acceptors (Lipinski definition) is 5. The van der Waals surface area contributed by atoms with Gasteiger partial charge in [0.05, 0.1) is 15.5 Å². The molecule has 0 saturated heterocycles. The van der Waals surface area contributed by atoms with Crippen LogP contribution in [0.25, 0.3) is 11.1 Å². The Kier molecular flexibility index (Phi) is 6.46. The number of aryl methyl sites for hydroxylation is 2. The van der Waals surface area contributed by atoms with E-state index in [2.05, 4.69) is 10.0 Å². The molecule has 0 saturated carbocycles. The third-order valence-corrected chi connectivity index (χ3v) is 9.63. The first-order valence-electron chi connectivity index (χ1n) is 11.8. The molecule has 0 radical (unpaired) electrons. The van der Waals surface area contributed by atoms with E-state index >= 15 is 0 Å². The van der Waals surface area contributed by atoms with Crippen LogP contribution in [0.4, 0.5) is 17.1 Å². The summed E-state index contributed by atoms with van der Waals surface area (Å²) in [6.45, 7) is 3.40. The summed E-state index contributed by atoms with van der Waals surface area (Å²) in [6, 6.07) is 24.7. The van der Waals surface area contributed by atoms with Gasteiger partial charge < -0.3 is 5.32 Å². The molecule has 0 aliphatic carbocycles. The number of carbonyl (C=O) groups is 1. The van der Waals surface area contributed by atoms with E-state index in [1.807, 2.05) is 32.0 Å². The molecule has 4 aromatic carbocycles. The van der Waals surface area contributed by atoms with Gasteiger partial charge in [-0.25, -0.2) is 16.8 Å². The molecule has 1 heterocycles. The summed E-state index contributed by atoms with van der Waals surface area (Å²) in [4.78, 5) is 13.1. The minimum atomic E-state index is -3.96.